The summed E-state index contributed by atoms with van der Waals surface area (Å²) in [6.45, 7) is 11.7. The molecular weight excluding hydrogens is 280 g/mol. The molecule has 0 aromatic rings. The highest BCUT2D eigenvalue weighted by Crippen LogP contribution is 2.66. The monoisotopic (exact) mass is 314 g/mol. The molecule has 23 heavy (non-hydrogen) atoms. The molecule has 128 valence electrons. The van der Waals surface area contributed by atoms with Gasteiger partial charge in [0, 0.05) is 0 Å². The van der Waals surface area contributed by atoms with Gasteiger partial charge in [-0.15, -0.1) is 0 Å². The highest BCUT2D eigenvalue weighted by Gasteiger charge is 2.58. The smallest absolute Gasteiger partial charge is 0.0577 e. The van der Waals surface area contributed by atoms with Crippen molar-refractivity contribution in [1.82, 2.24) is 0 Å². The molecule has 1 N–H and O–H groups in total. The van der Waals surface area contributed by atoms with Gasteiger partial charge in [-0.05, 0) is 92.8 Å². The molecule has 1 nitrogen and oxygen atoms in total. The fraction of sp³-hybridized carbons (Fsp3) is 0.818. The van der Waals surface area contributed by atoms with Crippen LogP contribution in [0.4, 0.5) is 0 Å². The van der Waals surface area contributed by atoms with Crippen LogP contribution in [0.1, 0.15) is 72.1 Å². The van der Waals surface area contributed by atoms with Crippen LogP contribution in [0.25, 0.3) is 0 Å². The van der Waals surface area contributed by atoms with Crippen LogP contribution >= 0.6 is 0 Å². The highest BCUT2D eigenvalue weighted by molar-refractivity contribution is 5.26. The maximum absolute atomic E-state index is 10.1. The Kier molecular flexibility index (Phi) is 3.61. The van der Waals surface area contributed by atoms with E-state index in [-0.39, 0.29) is 6.10 Å². The van der Waals surface area contributed by atoms with Gasteiger partial charge in [-0.3, -0.25) is 0 Å². The molecule has 3 saturated carbocycles. The van der Waals surface area contributed by atoms with Gasteiger partial charge < -0.3 is 5.11 Å². The maximum atomic E-state index is 10.1. The third-order valence-electron chi connectivity index (χ3n) is 8.67. The van der Waals surface area contributed by atoms with E-state index in [1.165, 1.54) is 44.1 Å². The van der Waals surface area contributed by atoms with E-state index in [1.807, 2.05) is 0 Å². The Morgan fingerprint density at radius 3 is 2.65 bits per heavy atom. The molecule has 7 atom stereocenters. The molecule has 0 spiro atoms. The minimum absolute atomic E-state index is 0.0843. The van der Waals surface area contributed by atoms with Crippen molar-refractivity contribution in [3.63, 3.8) is 0 Å². The number of hydrogen-bond acceptors (Lipinski definition) is 1. The van der Waals surface area contributed by atoms with Gasteiger partial charge in [0.2, 0.25) is 0 Å². The summed E-state index contributed by atoms with van der Waals surface area (Å²) in [6.07, 6.45) is 12.4. The number of aliphatic hydroxyl groups excluding tert-OH is 1. The van der Waals surface area contributed by atoms with Crippen LogP contribution in [0.15, 0.2) is 23.8 Å². The van der Waals surface area contributed by atoms with Gasteiger partial charge in [-0.1, -0.05) is 37.6 Å². The Hall–Kier alpha value is -0.560. The van der Waals surface area contributed by atoms with Crippen molar-refractivity contribution >= 4 is 0 Å². The predicted molar refractivity (Wildman–Crippen MR) is 96.0 cm³/mol. The van der Waals surface area contributed by atoms with E-state index < -0.39 is 0 Å². The van der Waals surface area contributed by atoms with Crippen LogP contribution < -0.4 is 0 Å². The molecule has 3 unspecified atom stereocenters. The van der Waals surface area contributed by atoms with Gasteiger partial charge in [-0.2, -0.15) is 0 Å². The Bertz CT molecular complexity index is 546. The number of hydrogen-bond donors (Lipinski definition) is 1. The van der Waals surface area contributed by atoms with E-state index in [0.717, 1.165) is 36.5 Å². The summed E-state index contributed by atoms with van der Waals surface area (Å²) < 4.78 is 0. The summed E-state index contributed by atoms with van der Waals surface area (Å²) >= 11 is 0. The average molecular weight is 315 g/mol. The number of aliphatic hydroxyl groups is 1. The summed E-state index contributed by atoms with van der Waals surface area (Å²) in [5.74, 6) is 3.38. The topological polar surface area (TPSA) is 20.2 Å². The zero-order valence-corrected chi connectivity index (χ0v) is 15.3. The summed E-state index contributed by atoms with van der Waals surface area (Å²) in [5.41, 5.74) is 3.90. The molecule has 0 aliphatic heterocycles. The second kappa shape index (κ2) is 5.22. The summed E-state index contributed by atoms with van der Waals surface area (Å²) in [6, 6.07) is 0. The van der Waals surface area contributed by atoms with E-state index in [1.54, 1.807) is 5.57 Å². The van der Waals surface area contributed by atoms with Crippen molar-refractivity contribution in [2.75, 3.05) is 0 Å². The molecular formula is C22H34O. The molecule has 0 radical (unpaired) electrons. The number of rotatable bonds is 1. The summed E-state index contributed by atoms with van der Waals surface area (Å²) in [7, 11) is 0. The van der Waals surface area contributed by atoms with Gasteiger partial charge in [0.05, 0.1) is 6.10 Å². The third-order valence-corrected chi connectivity index (χ3v) is 8.67. The van der Waals surface area contributed by atoms with Crippen LogP contribution in [0.5, 0.6) is 0 Å². The molecule has 0 aromatic heterocycles. The first-order valence-electron chi connectivity index (χ1n) is 9.89. The minimum atomic E-state index is -0.0843. The Labute approximate surface area is 142 Å². The van der Waals surface area contributed by atoms with Gasteiger partial charge >= 0.3 is 0 Å². The zero-order chi connectivity index (χ0) is 16.4. The SMILES string of the molecule is C=C(C)[C@H]1CCC2C3CC=C4C[C@@H](O)CC[C@]4(C)C3CC[C@@]21C. The van der Waals surface area contributed by atoms with E-state index in [2.05, 4.69) is 33.4 Å². The largest absolute Gasteiger partial charge is 0.393 e. The summed E-state index contributed by atoms with van der Waals surface area (Å²) in [5, 5.41) is 10.1. The van der Waals surface area contributed by atoms with Gasteiger partial charge in [0.1, 0.15) is 0 Å². The van der Waals surface area contributed by atoms with Crippen LogP contribution in [0.3, 0.4) is 0 Å². The Balaban J connectivity index is 1.66. The van der Waals surface area contributed by atoms with Crippen LogP contribution in [0.2, 0.25) is 0 Å². The van der Waals surface area contributed by atoms with Crippen molar-refractivity contribution in [3.8, 4) is 0 Å². The van der Waals surface area contributed by atoms with Gasteiger partial charge in [0.15, 0.2) is 0 Å². The number of allylic oxidation sites excluding steroid dienone is 2. The van der Waals surface area contributed by atoms with Crippen LogP contribution in [-0.4, -0.2) is 11.2 Å². The van der Waals surface area contributed by atoms with Gasteiger partial charge in [-0.25, -0.2) is 0 Å². The predicted octanol–water partition coefficient (Wildman–Crippen LogP) is 5.50. The normalized spacial score (nSPS) is 52.2. The summed E-state index contributed by atoms with van der Waals surface area (Å²) in [4.78, 5) is 0. The van der Waals surface area contributed by atoms with Crippen molar-refractivity contribution in [1.29, 1.82) is 0 Å². The Morgan fingerprint density at radius 2 is 1.91 bits per heavy atom. The lowest BCUT2D eigenvalue weighted by atomic mass is 9.47. The molecule has 0 amide bonds. The molecule has 0 heterocycles. The van der Waals surface area contributed by atoms with Gasteiger partial charge in [0.25, 0.3) is 0 Å². The van der Waals surface area contributed by atoms with E-state index in [9.17, 15) is 5.11 Å². The fourth-order valence-corrected chi connectivity index (χ4v) is 7.45. The van der Waals surface area contributed by atoms with Crippen LogP contribution in [-0.2, 0) is 0 Å². The maximum Gasteiger partial charge on any atom is 0.0577 e. The molecule has 1 heteroatoms. The van der Waals surface area contributed by atoms with Crippen molar-refractivity contribution in [3.05, 3.63) is 23.8 Å². The first kappa shape index (κ1) is 15.9. The standard InChI is InChI=1S/C22H34O/c1-14(2)18-7-8-19-17-6-5-15-13-16(23)9-11-21(15,3)20(17)10-12-22(18,19)4/h5,16-20,23H,1,6-13H2,2-4H3/t16-,17?,18+,19?,20?,21-,22+/m0/s1. The van der Waals surface area contributed by atoms with Crippen molar-refractivity contribution in [2.45, 2.75) is 78.2 Å². The average Bonchev–Trinajstić information content (AvgIpc) is 2.85. The molecule has 0 aromatic carbocycles. The Morgan fingerprint density at radius 1 is 1.13 bits per heavy atom. The van der Waals surface area contributed by atoms with Crippen molar-refractivity contribution in [2.24, 2.45) is 34.5 Å². The van der Waals surface area contributed by atoms with E-state index in [4.69, 9.17) is 0 Å². The number of fused-ring (bicyclic) bond motifs is 5. The molecule has 0 saturated heterocycles. The zero-order valence-electron chi connectivity index (χ0n) is 15.3. The van der Waals surface area contributed by atoms with E-state index >= 15 is 0 Å². The lowest BCUT2D eigenvalue weighted by molar-refractivity contribution is -0.0453. The third kappa shape index (κ3) is 2.15. The molecule has 4 rings (SSSR count). The van der Waals surface area contributed by atoms with Crippen molar-refractivity contribution < 1.29 is 5.11 Å². The van der Waals surface area contributed by atoms with Crippen LogP contribution in [0, 0.1) is 34.5 Å². The molecule has 4 aliphatic rings. The van der Waals surface area contributed by atoms with E-state index in [0.29, 0.717) is 10.8 Å². The second-order valence-electron chi connectivity index (χ2n) is 9.68. The second-order valence-corrected chi connectivity index (χ2v) is 9.68. The molecule has 3 fully saturated rings. The molecule has 4 aliphatic carbocycles. The quantitative estimate of drug-likeness (QED) is 0.633. The fourth-order valence-electron chi connectivity index (χ4n) is 7.45. The minimum Gasteiger partial charge on any atom is -0.393 e. The first-order valence-corrected chi connectivity index (χ1v) is 9.89. The molecule has 0 bridgehead atoms. The first-order chi connectivity index (χ1) is 10.9. The lowest BCUT2D eigenvalue weighted by Crippen LogP contribution is -2.50. The lowest BCUT2D eigenvalue weighted by Gasteiger charge is -2.58. The highest BCUT2D eigenvalue weighted by atomic mass is 16.3.